The number of aromatic nitrogens is 2. The minimum absolute atomic E-state index is 0.0153. The molecule has 2 heterocycles. The minimum Gasteiger partial charge on any atom is -0.447 e. The van der Waals surface area contributed by atoms with Crippen molar-refractivity contribution in [1.82, 2.24) is 9.36 Å². The number of ether oxygens (including phenoxy) is 1. The zero-order chi connectivity index (χ0) is 11.0. The lowest BCUT2D eigenvalue weighted by atomic mass is 10.1. The second kappa shape index (κ2) is 3.94. The summed E-state index contributed by atoms with van der Waals surface area (Å²) < 4.78 is 8.82. The Morgan fingerprint density at radius 2 is 2.40 bits per heavy atom. The number of hydrogen-bond acceptors (Lipinski definition) is 5. The minimum atomic E-state index is -0.374. The Balaban J connectivity index is 2.28. The van der Waals surface area contributed by atoms with Crippen molar-refractivity contribution >= 4 is 34.4 Å². The number of carbonyl (C=O) groups excluding carboxylic acids is 1. The summed E-state index contributed by atoms with van der Waals surface area (Å²) in [5, 5.41) is 0.665. The Morgan fingerprint density at radius 3 is 2.93 bits per heavy atom. The van der Waals surface area contributed by atoms with Gasteiger partial charge in [-0.2, -0.15) is 9.36 Å². The zero-order valence-corrected chi connectivity index (χ0v) is 9.88. The third kappa shape index (κ3) is 1.91. The fourth-order valence-corrected chi connectivity index (χ4v) is 2.30. The number of hydrogen-bond donors (Lipinski definition) is 0. The first kappa shape index (κ1) is 10.6. The average molecular weight is 248 g/mol. The van der Waals surface area contributed by atoms with Gasteiger partial charge in [0, 0.05) is 11.5 Å². The van der Waals surface area contributed by atoms with E-state index in [2.05, 4.69) is 9.36 Å². The number of anilines is 1. The largest absolute Gasteiger partial charge is 0.447 e. The van der Waals surface area contributed by atoms with Crippen molar-refractivity contribution in [2.75, 3.05) is 11.5 Å². The SMILES string of the molecule is CC(C)C1COC(=O)N1c1nc(Cl)ns1. The summed E-state index contributed by atoms with van der Waals surface area (Å²) in [6.07, 6.45) is -0.374. The van der Waals surface area contributed by atoms with Crippen LogP contribution in [0.1, 0.15) is 13.8 Å². The highest BCUT2D eigenvalue weighted by atomic mass is 35.5. The highest BCUT2D eigenvalue weighted by molar-refractivity contribution is 7.10. The lowest BCUT2D eigenvalue weighted by molar-refractivity contribution is 0.177. The van der Waals surface area contributed by atoms with E-state index in [-0.39, 0.29) is 17.4 Å². The molecule has 1 aliphatic heterocycles. The second-order valence-corrected chi connectivity index (χ2v) is 4.67. The molecule has 0 aromatic carbocycles. The van der Waals surface area contributed by atoms with Gasteiger partial charge < -0.3 is 4.74 Å². The van der Waals surface area contributed by atoms with Crippen molar-refractivity contribution in [1.29, 1.82) is 0 Å². The monoisotopic (exact) mass is 247 g/mol. The molecule has 0 spiro atoms. The average Bonchev–Trinajstić information content (AvgIpc) is 2.71. The van der Waals surface area contributed by atoms with E-state index in [1.54, 1.807) is 0 Å². The van der Waals surface area contributed by atoms with E-state index >= 15 is 0 Å². The summed E-state index contributed by atoms with van der Waals surface area (Å²) in [5.74, 6) is 0.305. The van der Waals surface area contributed by atoms with E-state index in [1.165, 1.54) is 4.90 Å². The van der Waals surface area contributed by atoms with Crippen molar-refractivity contribution in [3.8, 4) is 0 Å². The predicted molar refractivity (Wildman–Crippen MR) is 57.4 cm³/mol. The Labute approximate surface area is 96.2 Å². The highest BCUT2D eigenvalue weighted by Crippen LogP contribution is 2.29. The number of carbonyl (C=O) groups is 1. The molecule has 82 valence electrons. The van der Waals surface area contributed by atoms with E-state index in [0.29, 0.717) is 17.7 Å². The number of amides is 1. The van der Waals surface area contributed by atoms with Crippen LogP contribution in [0, 0.1) is 5.92 Å². The maximum absolute atomic E-state index is 11.5. The molecule has 1 atom stereocenters. The quantitative estimate of drug-likeness (QED) is 0.804. The normalized spacial score (nSPS) is 21.2. The van der Waals surface area contributed by atoms with Gasteiger partial charge in [-0.1, -0.05) is 13.8 Å². The third-order valence-corrected chi connectivity index (χ3v) is 3.26. The fourth-order valence-electron chi connectivity index (χ4n) is 1.44. The van der Waals surface area contributed by atoms with Crippen molar-refractivity contribution < 1.29 is 9.53 Å². The first-order valence-corrected chi connectivity index (χ1v) is 5.70. The molecular formula is C8H10ClN3O2S. The molecule has 5 nitrogen and oxygen atoms in total. The molecule has 7 heteroatoms. The van der Waals surface area contributed by atoms with E-state index in [4.69, 9.17) is 16.3 Å². The maximum Gasteiger partial charge on any atom is 0.416 e. The van der Waals surface area contributed by atoms with Gasteiger partial charge in [0.15, 0.2) is 0 Å². The highest BCUT2D eigenvalue weighted by Gasteiger charge is 2.38. The topological polar surface area (TPSA) is 55.3 Å². The van der Waals surface area contributed by atoms with Crippen LogP contribution in [0.4, 0.5) is 9.93 Å². The molecule has 0 aliphatic carbocycles. The van der Waals surface area contributed by atoms with E-state index in [0.717, 1.165) is 11.5 Å². The van der Waals surface area contributed by atoms with Crippen molar-refractivity contribution in [3.63, 3.8) is 0 Å². The number of nitrogens with zero attached hydrogens (tertiary/aromatic N) is 3. The van der Waals surface area contributed by atoms with E-state index in [1.807, 2.05) is 13.8 Å². The lowest BCUT2D eigenvalue weighted by Crippen LogP contribution is -2.37. The van der Waals surface area contributed by atoms with Gasteiger partial charge in [0.25, 0.3) is 0 Å². The molecule has 2 rings (SSSR count). The molecule has 0 bridgehead atoms. The van der Waals surface area contributed by atoms with Crippen LogP contribution in [0.5, 0.6) is 0 Å². The van der Waals surface area contributed by atoms with Crippen molar-refractivity contribution in [2.24, 2.45) is 5.92 Å². The summed E-state index contributed by atoms with van der Waals surface area (Å²) in [5.41, 5.74) is 0. The molecule has 1 fully saturated rings. The second-order valence-electron chi connectivity index (χ2n) is 3.60. The third-order valence-electron chi connectivity index (χ3n) is 2.27. The van der Waals surface area contributed by atoms with Gasteiger partial charge in [-0.3, -0.25) is 0 Å². The molecule has 0 N–H and O–H groups in total. The molecule has 0 radical (unpaired) electrons. The molecule has 1 aromatic rings. The molecule has 1 aromatic heterocycles. The molecule has 1 amide bonds. The van der Waals surface area contributed by atoms with Crippen LogP contribution in [0.15, 0.2) is 0 Å². The maximum atomic E-state index is 11.5. The van der Waals surface area contributed by atoms with Crippen LogP contribution in [0.25, 0.3) is 0 Å². The van der Waals surface area contributed by atoms with Gasteiger partial charge >= 0.3 is 6.09 Å². The van der Waals surface area contributed by atoms with Gasteiger partial charge in [0.2, 0.25) is 10.4 Å². The van der Waals surface area contributed by atoms with Crippen LogP contribution in [0.2, 0.25) is 5.28 Å². The number of cyclic esters (lactones) is 1. The first-order valence-electron chi connectivity index (χ1n) is 4.55. The van der Waals surface area contributed by atoms with Crippen molar-refractivity contribution in [3.05, 3.63) is 5.28 Å². The first-order chi connectivity index (χ1) is 7.09. The molecule has 1 saturated heterocycles. The fraction of sp³-hybridized carbons (Fsp3) is 0.625. The smallest absolute Gasteiger partial charge is 0.416 e. The van der Waals surface area contributed by atoms with Gasteiger partial charge in [0.05, 0.1) is 6.04 Å². The van der Waals surface area contributed by atoms with E-state index < -0.39 is 0 Å². The summed E-state index contributed by atoms with van der Waals surface area (Å²) in [4.78, 5) is 17.0. The number of rotatable bonds is 2. The molecule has 1 aliphatic rings. The molecular weight excluding hydrogens is 238 g/mol. The van der Waals surface area contributed by atoms with Crippen LogP contribution in [0.3, 0.4) is 0 Å². The van der Waals surface area contributed by atoms with Gasteiger partial charge in [-0.15, -0.1) is 0 Å². The number of halogens is 1. The van der Waals surface area contributed by atoms with Crippen LogP contribution >= 0.6 is 23.1 Å². The predicted octanol–water partition coefficient (Wildman–Crippen LogP) is 2.17. The standard InChI is InChI=1S/C8H10ClN3O2S/c1-4(2)5-3-14-8(13)12(5)7-10-6(9)11-15-7/h4-5H,3H2,1-2H3. The van der Waals surface area contributed by atoms with Crippen LogP contribution in [-0.2, 0) is 4.74 Å². The Kier molecular flexibility index (Phi) is 2.79. The van der Waals surface area contributed by atoms with Gasteiger partial charge in [-0.05, 0) is 17.5 Å². The Morgan fingerprint density at radius 1 is 1.67 bits per heavy atom. The van der Waals surface area contributed by atoms with E-state index in [9.17, 15) is 4.79 Å². The zero-order valence-electron chi connectivity index (χ0n) is 8.31. The summed E-state index contributed by atoms with van der Waals surface area (Å²) in [6.45, 7) is 4.46. The van der Waals surface area contributed by atoms with Crippen molar-refractivity contribution in [2.45, 2.75) is 19.9 Å². The van der Waals surface area contributed by atoms with Gasteiger partial charge in [0.1, 0.15) is 6.61 Å². The Hall–Kier alpha value is -0.880. The summed E-state index contributed by atoms with van der Waals surface area (Å²) in [6, 6.07) is 0.0153. The van der Waals surface area contributed by atoms with Crippen LogP contribution < -0.4 is 4.90 Å². The molecule has 0 saturated carbocycles. The Bertz CT molecular complexity index is 382. The lowest BCUT2D eigenvalue weighted by Gasteiger charge is -2.20. The van der Waals surface area contributed by atoms with Crippen LogP contribution in [-0.4, -0.2) is 28.1 Å². The summed E-state index contributed by atoms with van der Waals surface area (Å²) in [7, 11) is 0. The summed E-state index contributed by atoms with van der Waals surface area (Å²) >= 11 is 6.73. The molecule has 15 heavy (non-hydrogen) atoms. The molecule has 1 unspecified atom stereocenters. The van der Waals surface area contributed by atoms with Gasteiger partial charge in [-0.25, -0.2) is 9.69 Å².